The highest BCUT2D eigenvalue weighted by Gasteiger charge is 2.20. The molecule has 110 valence electrons. The molecule has 1 amide bonds. The standard InChI is InChI=1S/C17H19NO3/c1-13(21-16-11-7-10-15(12-16)20-3)17(19)18(2)14-8-5-4-6-9-14/h4-13H,1-3H3/t13-/m1/s1. The minimum Gasteiger partial charge on any atom is -0.497 e. The summed E-state index contributed by atoms with van der Waals surface area (Å²) in [5.74, 6) is 1.20. The van der Waals surface area contributed by atoms with Gasteiger partial charge >= 0.3 is 0 Å². The summed E-state index contributed by atoms with van der Waals surface area (Å²) < 4.78 is 10.8. The average Bonchev–Trinajstić information content (AvgIpc) is 2.54. The van der Waals surface area contributed by atoms with Crippen LogP contribution in [0.4, 0.5) is 5.69 Å². The second-order valence-corrected chi connectivity index (χ2v) is 4.67. The Balaban J connectivity index is 2.05. The summed E-state index contributed by atoms with van der Waals surface area (Å²) in [5, 5.41) is 0. The van der Waals surface area contributed by atoms with Gasteiger partial charge in [0.05, 0.1) is 7.11 Å². The maximum Gasteiger partial charge on any atom is 0.267 e. The van der Waals surface area contributed by atoms with Crippen LogP contribution in [-0.4, -0.2) is 26.2 Å². The van der Waals surface area contributed by atoms with Crippen LogP contribution in [0.5, 0.6) is 11.5 Å². The van der Waals surface area contributed by atoms with Crippen LogP contribution in [0, 0.1) is 0 Å². The van der Waals surface area contributed by atoms with Gasteiger partial charge in [0.1, 0.15) is 11.5 Å². The second kappa shape index (κ2) is 6.79. The number of likely N-dealkylation sites (N-methyl/N-ethyl adjacent to an activating group) is 1. The number of ether oxygens (including phenoxy) is 2. The van der Waals surface area contributed by atoms with E-state index in [9.17, 15) is 4.79 Å². The number of amides is 1. The Hall–Kier alpha value is -2.49. The Kier molecular flexibility index (Phi) is 4.82. The van der Waals surface area contributed by atoms with Crippen molar-refractivity contribution in [2.24, 2.45) is 0 Å². The van der Waals surface area contributed by atoms with Crippen LogP contribution in [0.25, 0.3) is 0 Å². The molecule has 0 aromatic heterocycles. The molecule has 2 aromatic carbocycles. The Bertz CT molecular complexity index is 598. The zero-order valence-electron chi connectivity index (χ0n) is 12.4. The van der Waals surface area contributed by atoms with Crippen LogP contribution in [0.1, 0.15) is 6.92 Å². The van der Waals surface area contributed by atoms with Gasteiger partial charge in [-0.25, -0.2) is 0 Å². The van der Waals surface area contributed by atoms with E-state index in [1.807, 2.05) is 42.5 Å². The molecule has 2 aromatic rings. The quantitative estimate of drug-likeness (QED) is 0.847. The molecule has 0 N–H and O–H groups in total. The first kappa shape index (κ1) is 14.9. The van der Waals surface area contributed by atoms with Crippen molar-refractivity contribution >= 4 is 11.6 Å². The summed E-state index contributed by atoms with van der Waals surface area (Å²) in [4.78, 5) is 14.0. The summed E-state index contributed by atoms with van der Waals surface area (Å²) in [6.45, 7) is 1.74. The summed E-state index contributed by atoms with van der Waals surface area (Å²) in [6, 6.07) is 16.7. The first-order valence-corrected chi connectivity index (χ1v) is 6.75. The smallest absolute Gasteiger partial charge is 0.267 e. The molecule has 2 rings (SSSR count). The third-order valence-electron chi connectivity index (χ3n) is 3.18. The van der Waals surface area contributed by atoms with Crippen LogP contribution >= 0.6 is 0 Å². The maximum atomic E-state index is 12.4. The lowest BCUT2D eigenvalue weighted by Crippen LogP contribution is -2.37. The van der Waals surface area contributed by atoms with Crippen LogP contribution in [0.3, 0.4) is 0 Å². The molecule has 0 aliphatic heterocycles. The van der Waals surface area contributed by atoms with E-state index in [0.29, 0.717) is 11.5 Å². The van der Waals surface area contributed by atoms with Crippen molar-refractivity contribution in [3.8, 4) is 11.5 Å². The predicted molar refractivity (Wildman–Crippen MR) is 82.9 cm³/mol. The molecule has 0 saturated heterocycles. The van der Waals surface area contributed by atoms with Gasteiger partial charge in [-0.15, -0.1) is 0 Å². The van der Waals surface area contributed by atoms with Gasteiger partial charge in [-0.3, -0.25) is 4.79 Å². The van der Waals surface area contributed by atoms with E-state index in [2.05, 4.69) is 0 Å². The van der Waals surface area contributed by atoms with E-state index < -0.39 is 6.10 Å². The molecule has 0 fully saturated rings. The molecule has 0 heterocycles. The van der Waals surface area contributed by atoms with Crippen molar-refractivity contribution in [3.05, 3.63) is 54.6 Å². The van der Waals surface area contributed by atoms with E-state index >= 15 is 0 Å². The second-order valence-electron chi connectivity index (χ2n) is 4.67. The topological polar surface area (TPSA) is 38.8 Å². The fourth-order valence-electron chi connectivity index (χ4n) is 1.98. The number of para-hydroxylation sites is 1. The largest absolute Gasteiger partial charge is 0.497 e. The van der Waals surface area contributed by atoms with Crippen LogP contribution in [0.2, 0.25) is 0 Å². The monoisotopic (exact) mass is 285 g/mol. The van der Waals surface area contributed by atoms with Crippen molar-refractivity contribution in [2.75, 3.05) is 19.1 Å². The van der Waals surface area contributed by atoms with Crippen LogP contribution in [0.15, 0.2) is 54.6 Å². The first-order chi connectivity index (χ1) is 10.1. The number of nitrogens with zero attached hydrogens (tertiary/aromatic N) is 1. The third-order valence-corrected chi connectivity index (χ3v) is 3.18. The lowest BCUT2D eigenvalue weighted by Gasteiger charge is -2.22. The molecule has 0 aliphatic carbocycles. The van der Waals surface area contributed by atoms with E-state index in [1.54, 1.807) is 38.1 Å². The van der Waals surface area contributed by atoms with Gasteiger partial charge in [-0.05, 0) is 31.2 Å². The normalized spacial score (nSPS) is 11.6. The Morgan fingerprint density at radius 1 is 1.05 bits per heavy atom. The number of carbonyl (C=O) groups excluding carboxylic acids is 1. The molecule has 0 saturated carbocycles. The molecule has 0 bridgehead atoms. The Labute approximate surface area is 124 Å². The minimum atomic E-state index is -0.581. The molecule has 4 heteroatoms. The van der Waals surface area contributed by atoms with Crippen molar-refractivity contribution in [1.29, 1.82) is 0 Å². The highest BCUT2D eigenvalue weighted by Crippen LogP contribution is 2.21. The molecule has 0 spiro atoms. The number of carbonyl (C=O) groups is 1. The van der Waals surface area contributed by atoms with E-state index in [0.717, 1.165) is 5.69 Å². The van der Waals surface area contributed by atoms with Gasteiger partial charge in [-0.2, -0.15) is 0 Å². The summed E-state index contributed by atoms with van der Waals surface area (Å²) in [6.07, 6.45) is -0.581. The highest BCUT2D eigenvalue weighted by atomic mass is 16.5. The number of anilines is 1. The Morgan fingerprint density at radius 2 is 1.71 bits per heavy atom. The van der Waals surface area contributed by atoms with Crippen LogP contribution < -0.4 is 14.4 Å². The molecule has 0 radical (unpaired) electrons. The number of hydrogen-bond donors (Lipinski definition) is 0. The van der Waals surface area contributed by atoms with Crippen molar-refractivity contribution < 1.29 is 14.3 Å². The number of rotatable bonds is 5. The van der Waals surface area contributed by atoms with Crippen molar-refractivity contribution in [1.82, 2.24) is 0 Å². The lowest BCUT2D eigenvalue weighted by molar-refractivity contribution is -0.124. The Morgan fingerprint density at radius 3 is 2.38 bits per heavy atom. The lowest BCUT2D eigenvalue weighted by atomic mass is 10.2. The van der Waals surface area contributed by atoms with Gasteiger partial charge in [0.25, 0.3) is 5.91 Å². The summed E-state index contributed by atoms with van der Waals surface area (Å²) in [7, 11) is 3.33. The van der Waals surface area contributed by atoms with E-state index in [4.69, 9.17) is 9.47 Å². The molecule has 21 heavy (non-hydrogen) atoms. The van der Waals surface area contributed by atoms with Gasteiger partial charge < -0.3 is 14.4 Å². The summed E-state index contributed by atoms with van der Waals surface area (Å²) in [5.41, 5.74) is 0.837. The van der Waals surface area contributed by atoms with Gasteiger partial charge in [-0.1, -0.05) is 24.3 Å². The number of hydrogen-bond acceptors (Lipinski definition) is 3. The number of methoxy groups -OCH3 is 1. The predicted octanol–water partition coefficient (Wildman–Crippen LogP) is 3.13. The molecular weight excluding hydrogens is 266 g/mol. The van der Waals surface area contributed by atoms with Gasteiger partial charge in [0.15, 0.2) is 6.10 Å². The zero-order chi connectivity index (χ0) is 15.2. The minimum absolute atomic E-state index is 0.107. The third kappa shape index (κ3) is 3.75. The van der Waals surface area contributed by atoms with E-state index in [1.165, 1.54) is 0 Å². The van der Waals surface area contributed by atoms with Gasteiger partial charge in [0, 0.05) is 18.8 Å². The fourth-order valence-corrected chi connectivity index (χ4v) is 1.98. The molecule has 0 aliphatic rings. The molecule has 4 nitrogen and oxygen atoms in total. The molecular formula is C17H19NO3. The average molecular weight is 285 g/mol. The summed E-state index contributed by atoms with van der Waals surface area (Å²) >= 11 is 0. The van der Waals surface area contributed by atoms with Crippen molar-refractivity contribution in [2.45, 2.75) is 13.0 Å². The zero-order valence-corrected chi connectivity index (χ0v) is 12.4. The SMILES string of the molecule is COc1cccc(O[C@H](C)C(=O)N(C)c2ccccc2)c1. The van der Waals surface area contributed by atoms with Crippen molar-refractivity contribution in [3.63, 3.8) is 0 Å². The fraction of sp³-hybridized carbons (Fsp3) is 0.235. The highest BCUT2D eigenvalue weighted by molar-refractivity contribution is 5.95. The maximum absolute atomic E-state index is 12.4. The molecule has 1 atom stereocenters. The number of benzene rings is 2. The molecule has 0 unspecified atom stereocenters. The first-order valence-electron chi connectivity index (χ1n) is 6.75. The van der Waals surface area contributed by atoms with E-state index in [-0.39, 0.29) is 5.91 Å². The van der Waals surface area contributed by atoms with Crippen LogP contribution in [-0.2, 0) is 4.79 Å². The van der Waals surface area contributed by atoms with Gasteiger partial charge in [0.2, 0.25) is 0 Å².